The molecule has 104 valence electrons. The minimum atomic E-state index is -4.57. The quantitative estimate of drug-likeness (QED) is 0.763. The second-order valence-corrected chi connectivity index (χ2v) is 5.96. The van der Waals surface area contributed by atoms with E-state index in [0.717, 1.165) is 17.8 Å². The standard InChI is InChI=1S/C13H9F3N2S2/c1-2-19-12-8(7-17)9(13(14,15)16)6-10(18-12)11-4-3-5-20-11/h3-6H,2H2,1H3. The van der Waals surface area contributed by atoms with Crippen molar-refractivity contribution in [3.8, 4) is 16.6 Å². The highest BCUT2D eigenvalue weighted by atomic mass is 32.2. The molecular weight excluding hydrogens is 305 g/mol. The van der Waals surface area contributed by atoms with E-state index in [4.69, 9.17) is 5.26 Å². The summed E-state index contributed by atoms with van der Waals surface area (Å²) in [4.78, 5) is 4.85. The van der Waals surface area contributed by atoms with Crippen molar-refractivity contribution in [2.45, 2.75) is 18.1 Å². The summed E-state index contributed by atoms with van der Waals surface area (Å²) in [5.41, 5.74) is -1.07. The number of nitriles is 1. The lowest BCUT2D eigenvalue weighted by atomic mass is 10.1. The second-order valence-electron chi connectivity index (χ2n) is 3.76. The van der Waals surface area contributed by atoms with Crippen molar-refractivity contribution < 1.29 is 13.2 Å². The Morgan fingerprint density at radius 2 is 2.20 bits per heavy atom. The Hall–Kier alpha value is -1.52. The monoisotopic (exact) mass is 314 g/mol. The van der Waals surface area contributed by atoms with Crippen LogP contribution in [0.4, 0.5) is 13.2 Å². The van der Waals surface area contributed by atoms with Crippen LogP contribution in [0.2, 0.25) is 0 Å². The summed E-state index contributed by atoms with van der Waals surface area (Å²) in [5.74, 6) is 0.548. The van der Waals surface area contributed by atoms with Crippen LogP contribution in [0.3, 0.4) is 0 Å². The van der Waals surface area contributed by atoms with Gasteiger partial charge >= 0.3 is 6.18 Å². The lowest BCUT2D eigenvalue weighted by molar-refractivity contribution is -0.138. The zero-order valence-electron chi connectivity index (χ0n) is 10.4. The molecule has 0 aliphatic heterocycles. The summed E-state index contributed by atoms with van der Waals surface area (Å²) in [7, 11) is 0. The number of thioether (sulfide) groups is 1. The molecule has 0 atom stereocenters. The number of nitrogens with zero attached hydrogens (tertiary/aromatic N) is 2. The van der Waals surface area contributed by atoms with Gasteiger partial charge in [-0.15, -0.1) is 23.1 Å². The van der Waals surface area contributed by atoms with E-state index >= 15 is 0 Å². The maximum absolute atomic E-state index is 13.1. The van der Waals surface area contributed by atoms with Crippen molar-refractivity contribution in [2.75, 3.05) is 5.75 Å². The van der Waals surface area contributed by atoms with Crippen LogP contribution in [0, 0.1) is 11.3 Å². The Morgan fingerprint density at radius 1 is 1.45 bits per heavy atom. The first-order chi connectivity index (χ1) is 9.47. The minimum absolute atomic E-state index is 0.133. The zero-order valence-corrected chi connectivity index (χ0v) is 12.0. The molecule has 2 heterocycles. The molecule has 0 radical (unpaired) electrons. The Bertz CT molecular complexity index is 643. The number of halogens is 3. The number of aromatic nitrogens is 1. The van der Waals surface area contributed by atoms with Gasteiger partial charge < -0.3 is 0 Å². The average Bonchev–Trinajstić information content (AvgIpc) is 2.91. The molecule has 0 unspecified atom stereocenters. The van der Waals surface area contributed by atoms with Gasteiger partial charge in [0.05, 0.1) is 21.7 Å². The first-order valence-electron chi connectivity index (χ1n) is 5.66. The van der Waals surface area contributed by atoms with Gasteiger partial charge in [-0.25, -0.2) is 4.98 Å². The third-order valence-corrected chi connectivity index (χ3v) is 4.21. The maximum atomic E-state index is 13.1. The van der Waals surface area contributed by atoms with Crippen molar-refractivity contribution in [3.05, 3.63) is 34.7 Å². The third-order valence-electron chi connectivity index (χ3n) is 2.46. The molecule has 0 aliphatic rings. The lowest BCUT2D eigenvalue weighted by Gasteiger charge is -2.13. The summed E-state index contributed by atoms with van der Waals surface area (Å²) >= 11 is 2.45. The predicted octanol–water partition coefficient (Wildman–Crippen LogP) is 4.81. The van der Waals surface area contributed by atoms with E-state index in [0.29, 0.717) is 10.6 Å². The molecule has 0 saturated heterocycles. The van der Waals surface area contributed by atoms with Crippen LogP contribution < -0.4 is 0 Å². The highest BCUT2D eigenvalue weighted by molar-refractivity contribution is 7.99. The number of thiophene rings is 1. The van der Waals surface area contributed by atoms with Gasteiger partial charge in [-0.1, -0.05) is 13.0 Å². The van der Waals surface area contributed by atoms with E-state index in [-0.39, 0.29) is 10.7 Å². The summed E-state index contributed by atoms with van der Waals surface area (Å²) in [5, 5.41) is 10.9. The molecule has 0 fully saturated rings. The molecular formula is C13H9F3N2S2. The third kappa shape index (κ3) is 2.97. The van der Waals surface area contributed by atoms with Crippen LogP contribution in [0.25, 0.3) is 10.6 Å². The molecule has 0 bridgehead atoms. The molecule has 0 N–H and O–H groups in total. The first kappa shape index (κ1) is 14.9. The van der Waals surface area contributed by atoms with Crippen molar-refractivity contribution in [1.82, 2.24) is 4.98 Å². The maximum Gasteiger partial charge on any atom is 0.417 e. The topological polar surface area (TPSA) is 36.7 Å². The molecule has 0 aromatic carbocycles. The van der Waals surface area contributed by atoms with Crippen LogP contribution in [-0.4, -0.2) is 10.7 Å². The van der Waals surface area contributed by atoms with Crippen molar-refractivity contribution in [2.24, 2.45) is 0 Å². The normalized spacial score (nSPS) is 11.3. The number of hydrogen-bond donors (Lipinski definition) is 0. The molecule has 0 amide bonds. The second kappa shape index (κ2) is 5.85. The Labute approximate surface area is 122 Å². The zero-order chi connectivity index (χ0) is 14.8. The van der Waals surface area contributed by atoms with Crippen LogP contribution >= 0.6 is 23.1 Å². The summed E-state index contributed by atoms with van der Waals surface area (Å²) in [6.07, 6.45) is -4.57. The smallest absolute Gasteiger partial charge is 0.239 e. The van der Waals surface area contributed by atoms with Gasteiger partial charge in [0.2, 0.25) is 0 Å². The molecule has 7 heteroatoms. The fourth-order valence-electron chi connectivity index (χ4n) is 1.64. The molecule has 0 saturated carbocycles. The van der Waals surface area contributed by atoms with Gasteiger partial charge in [0.1, 0.15) is 11.1 Å². The van der Waals surface area contributed by atoms with Gasteiger partial charge in [0.25, 0.3) is 0 Å². The summed E-state index contributed by atoms with van der Waals surface area (Å²) in [6.45, 7) is 1.80. The number of hydrogen-bond acceptors (Lipinski definition) is 4. The van der Waals surface area contributed by atoms with E-state index in [1.165, 1.54) is 11.3 Å². The van der Waals surface area contributed by atoms with E-state index in [1.807, 2.05) is 0 Å². The molecule has 0 spiro atoms. The van der Waals surface area contributed by atoms with Gasteiger partial charge in [0, 0.05) is 0 Å². The Balaban J connectivity index is 2.69. The van der Waals surface area contributed by atoms with Crippen molar-refractivity contribution in [1.29, 1.82) is 5.26 Å². The van der Waals surface area contributed by atoms with Gasteiger partial charge in [-0.3, -0.25) is 0 Å². The fraction of sp³-hybridized carbons (Fsp3) is 0.231. The fourth-order valence-corrected chi connectivity index (χ4v) is 3.07. The molecule has 2 rings (SSSR count). The van der Waals surface area contributed by atoms with E-state index in [9.17, 15) is 13.2 Å². The van der Waals surface area contributed by atoms with E-state index in [2.05, 4.69) is 4.98 Å². The molecule has 20 heavy (non-hydrogen) atoms. The van der Waals surface area contributed by atoms with Gasteiger partial charge in [-0.2, -0.15) is 18.4 Å². The molecule has 0 aliphatic carbocycles. The number of pyridine rings is 1. The lowest BCUT2D eigenvalue weighted by Crippen LogP contribution is -2.10. The summed E-state index contributed by atoms with van der Waals surface area (Å²) < 4.78 is 39.3. The highest BCUT2D eigenvalue weighted by Gasteiger charge is 2.36. The van der Waals surface area contributed by atoms with Crippen LogP contribution in [0.5, 0.6) is 0 Å². The minimum Gasteiger partial charge on any atom is -0.239 e. The van der Waals surface area contributed by atoms with Gasteiger partial charge in [0.15, 0.2) is 0 Å². The molecule has 2 aromatic rings. The molecule has 2 aromatic heterocycles. The largest absolute Gasteiger partial charge is 0.417 e. The average molecular weight is 314 g/mol. The predicted molar refractivity (Wildman–Crippen MR) is 73.7 cm³/mol. The van der Waals surface area contributed by atoms with Crippen molar-refractivity contribution >= 4 is 23.1 Å². The highest BCUT2D eigenvalue weighted by Crippen LogP contribution is 2.38. The van der Waals surface area contributed by atoms with E-state index in [1.54, 1.807) is 30.5 Å². The van der Waals surface area contributed by atoms with Gasteiger partial charge in [-0.05, 0) is 23.3 Å². The number of alkyl halides is 3. The van der Waals surface area contributed by atoms with E-state index < -0.39 is 17.3 Å². The van der Waals surface area contributed by atoms with Crippen LogP contribution in [0.1, 0.15) is 18.1 Å². The Kier molecular flexibility index (Phi) is 4.35. The SMILES string of the molecule is CCSc1nc(-c2cccs2)cc(C(F)(F)F)c1C#N. The Morgan fingerprint density at radius 3 is 2.70 bits per heavy atom. The first-order valence-corrected chi connectivity index (χ1v) is 7.53. The number of rotatable bonds is 3. The molecule has 2 nitrogen and oxygen atoms in total. The van der Waals surface area contributed by atoms with Crippen LogP contribution in [0.15, 0.2) is 28.6 Å². The van der Waals surface area contributed by atoms with Crippen molar-refractivity contribution in [3.63, 3.8) is 0 Å². The van der Waals surface area contributed by atoms with Crippen LogP contribution in [-0.2, 0) is 6.18 Å². The summed E-state index contributed by atoms with van der Waals surface area (Å²) in [6, 6.07) is 6.03.